The molecule has 0 amide bonds. The molecule has 62 valence electrons. The van der Waals surface area contributed by atoms with Gasteiger partial charge >= 0.3 is 0 Å². The maximum atomic E-state index is 10.8. The lowest BCUT2D eigenvalue weighted by Crippen LogP contribution is -2.02. The molecule has 2 aromatic rings. The summed E-state index contributed by atoms with van der Waals surface area (Å²) in [7, 11) is 0. The first-order valence-corrected chi connectivity index (χ1v) is 3.30. The van der Waals surface area contributed by atoms with E-state index < -0.39 is 0 Å². The van der Waals surface area contributed by atoms with Crippen molar-refractivity contribution < 1.29 is 0 Å². The monoisotopic (exact) mass is 226 g/mol. The van der Waals surface area contributed by atoms with Crippen LogP contribution in [0.2, 0.25) is 0 Å². The van der Waals surface area contributed by atoms with Crippen molar-refractivity contribution in [3.63, 3.8) is 0 Å². The number of hydrogen-bond donors (Lipinski definition) is 1. The second-order valence-corrected chi connectivity index (χ2v) is 2.26. The number of aromatic nitrogens is 2. The average Bonchev–Trinajstić information content (AvgIpc) is 2.04. The van der Waals surface area contributed by atoms with Gasteiger partial charge in [0.15, 0.2) is 0 Å². The third-order valence-electron chi connectivity index (χ3n) is 1.49. The van der Waals surface area contributed by atoms with Crippen LogP contribution in [-0.2, 0) is 0 Å². The Bertz CT molecular complexity index is 438. The number of rotatable bonds is 0. The SMILES string of the molecule is Br.O=c1ccc2cccnc2[nH]1. The number of H-pyrrole nitrogens is 1. The first-order chi connectivity index (χ1) is 5.36. The van der Waals surface area contributed by atoms with E-state index in [-0.39, 0.29) is 22.5 Å². The van der Waals surface area contributed by atoms with Gasteiger partial charge in [0.05, 0.1) is 0 Å². The second kappa shape index (κ2) is 3.49. The standard InChI is InChI=1S/C8H6N2O.BrH/c11-7-4-3-6-2-1-5-9-8(6)10-7;/h1-5H,(H,9,10,11);1H. The molecule has 2 heterocycles. The fourth-order valence-corrected chi connectivity index (χ4v) is 0.981. The largest absolute Gasteiger partial charge is 0.307 e. The molecule has 0 aliphatic carbocycles. The molecule has 0 unspecified atom stereocenters. The zero-order valence-electron chi connectivity index (χ0n) is 6.15. The lowest BCUT2D eigenvalue weighted by Gasteiger charge is -1.92. The van der Waals surface area contributed by atoms with Crippen molar-refractivity contribution >= 4 is 28.0 Å². The number of halogens is 1. The Labute approximate surface area is 79.2 Å². The van der Waals surface area contributed by atoms with E-state index in [4.69, 9.17) is 0 Å². The molecule has 3 nitrogen and oxygen atoms in total. The van der Waals surface area contributed by atoms with Gasteiger partial charge in [0, 0.05) is 17.6 Å². The number of nitrogens with one attached hydrogen (secondary N) is 1. The summed E-state index contributed by atoms with van der Waals surface area (Å²) in [6.07, 6.45) is 1.65. The van der Waals surface area contributed by atoms with Crippen molar-refractivity contribution in [2.45, 2.75) is 0 Å². The predicted molar refractivity (Wildman–Crippen MR) is 52.7 cm³/mol. The van der Waals surface area contributed by atoms with Crippen molar-refractivity contribution in [1.29, 1.82) is 0 Å². The Morgan fingerprint density at radius 1 is 1.25 bits per heavy atom. The molecule has 2 aromatic heterocycles. The highest BCUT2D eigenvalue weighted by Crippen LogP contribution is 2.02. The van der Waals surface area contributed by atoms with Crippen LogP contribution < -0.4 is 5.56 Å². The molecule has 12 heavy (non-hydrogen) atoms. The molecule has 0 atom stereocenters. The fraction of sp³-hybridized carbons (Fsp3) is 0. The highest BCUT2D eigenvalue weighted by molar-refractivity contribution is 8.93. The molecule has 0 saturated heterocycles. The van der Waals surface area contributed by atoms with Gasteiger partial charge in [-0.2, -0.15) is 0 Å². The van der Waals surface area contributed by atoms with Crippen molar-refractivity contribution in [1.82, 2.24) is 9.97 Å². The number of aromatic amines is 1. The van der Waals surface area contributed by atoms with E-state index in [1.807, 2.05) is 12.1 Å². The molecule has 0 fully saturated rings. The third kappa shape index (κ3) is 1.53. The van der Waals surface area contributed by atoms with Crippen LogP contribution in [0.1, 0.15) is 0 Å². The molecule has 1 N–H and O–H groups in total. The Balaban J connectivity index is 0.000000720. The first-order valence-electron chi connectivity index (χ1n) is 3.30. The van der Waals surface area contributed by atoms with Crippen molar-refractivity contribution in [3.05, 3.63) is 40.8 Å². The van der Waals surface area contributed by atoms with Crippen LogP contribution in [0.4, 0.5) is 0 Å². The zero-order chi connectivity index (χ0) is 7.68. The fourth-order valence-electron chi connectivity index (χ4n) is 0.981. The quantitative estimate of drug-likeness (QED) is 0.741. The average molecular weight is 227 g/mol. The molecule has 2 rings (SSSR count). The molecular formula is C8H7BrN2O. The van der Waals surface area contributed by atoms with Crippen molar-refractivity contribution in [2.75, 3.05) is 0 Å². The van der Waals surface area contributed by atoms with Crippen molar-refractivity contribution in [3.8, 4) is 0 Å². The van der Waals surface area contributed by atoms with Crippen LogP contribution in [0.15, 0.2) is 35.3 Å². The number of pyridine rings is 2. The molecule has 0 spiro atoms. The van der Waals surface area contributed by atoms with Gasteiger partial charge in [-0.1, -0.05) is 0 Å². The van der Waals surface area contributed by atoms with Gasteiger partial charge in [0.25, 0.3) is 0 Å². The van der Waals surface area contributed by atoms with E-state index in [1.54, 1.807) is 12.3 Å². The minimum Gasteiger partial charge on any atom is -0.307 e. The summed E-state index contributed by atoms with van der Waals surface area (Å²) in [5, 5.41) is 0.951. The van der Waals surface area contributed by atoms with Crippen molar-refractivity contribution in [2.24, 2.45) is 0 Å². The van der Waals surface area contributed by atoms with E-state index >= 15 is 0 Å². The predicted octanol–water partition coefficient (Wildman–Crippen LogP) is 1.50. The summed E-state index contributed by atoms with van der Waals surface area (Å²) in [6, 6.07) is 6.98. The van der Waals surface area contributed by atoms with Gasteiger partial charge in [-0.05, 0) is 18.2 Å². The Kier molecular flexibility index (Phi) is 2.60. The Morgan fingerprint density at radius 2 is 2.08 bits per heavy atom. The molecular weight excluding hydrogens is 220 g/mol. The smallest absolute Gasteiger partial charge is 0.249 e. The zero-order valence-corrected chi connectivity index (χ0v) is 7.86. The summed E-state index contributed by atoms with van der Waals surface area (Å²) in [5.41, 5.74) is 0.524. The number of nitrogens with zero attached hydrogens (tertiary/aromatic N) is 1. The maximum Gasteiger partial charge on any atom is 0.249 e. The van der Waals surface area contributed by atoms with Crippen LogP contribution in [0.5, 0.6) is 0 Å². The molecule has 4 heteroatoms. The van der Waals surface area contributed by atoms with Gasteiger partial charge in [-0.3, -0.25) is 4.79 Å². The Hall–Kier alpha value is -1.16. The van der Waals surface area contributed by atoms with Crippen LogP contribution in [-0.4, -0.2) is 9.97 Å². The van der Waals surface area contributed by atoms with E-state index in [0.717, 1.165) is 5.39 Å². The minimum absolute atomic E-state index is 0. The van der Waals surface area contributed by atoms with Gasteiger partial charge in [0.2, 0.25) is 5.56 Å². The van der Waals surface area contributed by atoms with Crippen LogP contribution in [0.25, 0.3) is 11.0 Å². The number of hydrogen-bond acceptors (Lipinski definition) is 2. The van der Waals surface area contributed by atoms with E-state index in [2.05, 4.69) is 9.97 Å². The number of fused-ring (bicyclic) bond motifs is 1. The molecule has 0 bridgehead atoms. The van der Waals surface area contributed by atoms with E-state index in [9.17, 15) is 4.79 Å². The normalized spacial score (nSPS) is 9.33. The maximum absolute atomic E-state index is 10.8. The summed E-state index contributed by atoms with van der Waals surface area (Å²) in [5.74, 6) is 0. The third-order valence-corrected chi connectivity index (χ3v) is 1.49. The van der Waals surface area contributed by atoms with E-state index in [0.29, 0.717) is 5.65 Å². The molecule has 0 radical (unpaired) electrons. The van der Waals surface area contributed by atoms with Gasteiger partial charge < -0.3 is 4.98 Å². The topological polar surface area (TPSA) is 45.8 Å². The highest BCUT2D eigenvalue weighted by Gasteiger charge is 1.90. The molecule has 0 aliphatic heterocycles. The molecule has 0 aliphatic rings. The lowest BCUT2D eigenvalue weighted by atomic mass is 10.3. The summed E-state index contributed by atoms with van der Waals surface area (Å²) < 4.78 is 0. The van der Waals surface area contributed by atoms with Crippen LogP contribution in [0.3, 0.4) is 0 Å². The van der Waals surface area contributed by atoms with Gasteiger partial charge in [-0.15, -0.1) is 17.0 Å². The molecule has 0 aromatic carbocycles. The van der Waals surface area contributed by atoms with Crippen LogP contribution in [0, 0.1) is 0 Å². The van der Waals surface area contributed by atoms with Gasteiger partial charge in [-0.25, -0.2) is 4.98 Å². The van der Waals surface area contributed by atoms with Gasteiger partial charge in [0.1, 0.15) is 5.65 Å². The van der Waals surface area contributed by atoms with E-state index in [1.165, 1.54) is 6.07 Å². The minimum atomic E-state index is -0.115. The summed E-state index contributed by atoms with van der Waals surface area (Å²) >= 11 is 0. The summed E-state index contributed by atoms with van der Waals surface area (Å²) in [4.78, 5) is 17.4. The highest BCUT2D eigenvalue weighted by atomic mass is 79.9. The lowest BCUT2D eigenvalue weighted by molar-refractivity contribution is 1.23. The Morgan fingerprint density at radius 3 is 2.92 bits per heavy atom. The summed E-state index contributed by atoms with van der Waals surface area (Å²) in [6.45, 7) is 0. The molecule has 0 saturated carbocycles. The second-order valence-electron chi connectivity index (χ2n) is 2.26. The first kappa shape index (κ1) is 8.93. The van der Waals surface area contributed by atoms with Crippen LogP contribution >= 0.6 is 17.0 Å².